The zero-order valence-electron chi connectivity index (χ0n) is 18.8. The van der Waals surface area contributed by atoms with E-state index in [9.17, 15) is 4.79 Å². The summed E-state index contributed by atoms with van der Waals surface area (Å²) >= 11 is 5.36. The van der Waals surface area contributed by atoms with Gasteiger partial charge in [-0.25, -0.2) is 4.98 Å². The molecule has 4 aromatic carbocycles. The SMILES string of the molecule is CC(C)c1ccc(C(=O)NC(=S)Nc2cccc(-c3nc4c(ccc5ccccc54)o3)c2)cc1. The second-order valence-electron chi connectivity index (χ2n) is 8.42. The fourth-order valence-electron chi connectivity index (χ4n) is 3.87. The summed E-state index contributed by atoms with van der Waals surface area (Å²) in [4.78, 5) is 17.3. The van der Waals surface area contributed by atoms with Crippen LogP contribution in [0.15, 0.2) is 89.3 Å². The van der Waals surface area contributed by atoms with Crippen LogP contribution in [0.5, 0.6) is 0 Å². The van der Waals surface area contributed by atoms with E-state index in [4.69, 9.17) is 21.6 Å². The van der Waals surface area contributed by atoms with Gasteiger partial charge in [-0.15, -0.1) is 0 Å². The van der Waals surface area contributed by atoms with Crippen molar-refractivity contribution in [3.05, 3.63) is 96.1 Å². The third-order valence-electron chi connectivity index (χ3n) is 5.72. The zero-order valence-corrected chi connectivity index (χ0v) is 19.6. The highest BCUT2D eigenvalue weighted by atomic mass is 32.1. The number of aromatic nitrogens is 1. The van der Waals surface area contributed by atoms with Crippen molar-refractivity contribution in [1.29, 1.82) is 0 Å². The second-order valence-corrected chi connectivity index (χ2v) is 8.83. The van der Waals surface area contributed by atoms with Crippen molar-refractivity contribution in [1.82, 2.24) is 10.3 Å². The van der Waals surface area contributed by atoms with E-state index in [0.29, 0.717) is 17.4 Å². The van der Waals surface area contributed by atoms with Crippen LogP contribution in [-0.2, 0) is 0 Å². The first-order chi connectivity index (χ1) is 16.5. The van der Waals surface area contributed by atoms with Gasteiger partial charge in [-0.1, -0.05) is 62.4 Å². The Morgan fingerprint density at radius 1 is 0.941 bits per heavy atom. The van der Waals surface area contributed by atoms with Crippen LogP contribution in [0.2, 0.25) is 0 Å². The molecule has 1 amide bonds. The van der Waals surface area contributed by atoms with Crippen LogP contribution in [0.3, 0.4) is 0 Å². The molecule has 0 unspecified atom stereocenters. The highest BCUT2D eigenvalue weighted by Crippen LogP contribution is 2.30. The molecule has 0 atom stereocenters. The van der Waals surface area contributed by atoms with Crippen LogP contribution in [0.1, 0.15) is 35.7 Å². The summed E-state index contributed by atoms with van der Waals surface area (Å²) in [6.45, 7) is 4.23. The minimum Gasteiger partial charge on any atom is -0.436 e. The Bertz CT molecular complexity index is 1520. The highest BCUT2D eigenvalue weighted by Gasteiger charge is 2.13. The van der Waals surface area contributed by atoms with Gasteiger partial charge in [-0.3, -0.25) is 10.1 Å². The van der Waals surface area contributed by atoms with Gasteiger partial charge in [0.05, 0.1) is 0 Å². The zero-order chi connectivity index (χ0) is 23.7. The quantitative estimate of drug-likeness (QED) is 0.283. The minimum atomic E-state index is -0.255. The number of nitrogens with zero attached hydrogens (tertiary/aromatic N) is 1. The Hall–Kier alpha value is -4.03. The summed E-state index contributed by atoms with van der Waals surface area (Å²) in [5, 5.41) is 8.20. The van der Waals surface area contributed by atoms with E-state index >= 15 is 0 Å². The fourth-order valence-corrected chi connectivity index (χ4v) is 4.08. The molecule has 5 rings (SSSR count). The molecule has 0 aliphatic heterocycles. The average Bonchev–Trinajstić information content (AvgIpc) is 3.29. The van der Waals surface area contributed by atoms with Crippen molar-refractivity contribution < 1.29 is 9.21 Å². The molecule has 0 saturated heterocycles. The summed E-state index contributed by atoms with van der Waals surface area (Å²) in [5.41, 5.74) is 4.84. The number of benzene rings is 4. The molecule has 0 saturated carbocycles. The normalized spacial score (nSPS) is 11.1. The molecule has 2 N–H and O–H groups in total. The van der Waals surface area contributed by atoms with Crippen LogP contribution >= 0.6 is 12.2 Å². The average molecular weight is 466 g/mol. The van der Waals surface area contributed by atoms with Gasteiger partial charge in [0.1, 0.15) is 5.52 Å². The molecule has 6 heteroatoms. The predicted molar refractivity (Wildman–Crippen MR) is 141 cm³/mol. The van der Waals surface area contributed by atoms with Gasteiger partial charge < -0.3 is 9.73 Å². The van der Waals surface area contributed by atoms with E-state index in [1.54, 1.807) is 0 Å². The van der Waals surface area contributed by atoms with Gasteiger partial charge in [0.15, 0.2) is 10.7 Å². The first kappa shape index (κ1) is 21.8. The topological polar surface area (TPSA) is 67.2 Å². The first-order valence-corrected chi connectivity index (χ1v) is 11.5. The van der Waals surface area contributed by atoms with Crippen molar-refractivity contribution in [2.75, 3.05) is 5.32 Å². The molecule has 0 aliphatic rings. The summed E-state index contributed by atoms with van der Waals surface area (Å²) in [7, 11) is 0. The van der Waals surface area contributed by atoms with E-state index in [1.807, 2.05) is 78.9 Å². The molecule has 1 heterocycles. The number of fused-ring (bicyclic) bond motifs is 3. The highest BCUT2D eigenvalue weighted by molar-refractivity contribution is 7.80. The van der Waals surface area contributed by atoms with E-state index in [1.165, 1.54) is 5.56 Å². The summed E-state index contributed by atoms with van der Waals surface area (Å²) in [6, 6.07) is 27.2. The summed E-state index contributed by atoms with van der Waals surface area (Å²) < 4.78 is 6.03. The van der Waals surface area contributed by atoms with Crippen LogP contribution < -0.4 is 10.6 Å². The van der Waals surface area contributed by atoms with Crippen molar-refractivity contribution in [3.8, 4) is 11.5 Å². The van der Waals surface area contributed by atoms with Crippen LogP contribution in [0.4, 0.5) is 5.69 Å². The summed E-state index contributed by atoms with van der Waals surface area (Å²) in [6.07, 6.45) is 0. The number of thiocarbonyl (C=S) groups is 1. The van der Waals surface area contributed by atoms with Crippen LogP contribution in [0.25, 0.3) is 33.3 Å². The van der Waals surface area contributed by atoms with Crippen molar-refractivity contribution in [2.24, 2.45) is 0 Å². The molecule has 168 valence electrons. The van der Waals surface area contributed by atoms with Crippen molar-refractivity contribution >= 4 is 50.8 Å². The number of anilines is 1. The molecule has 5 nitrogen and oxygen atoms in total. The summed E-state index contributed by atoms with van der Waals surface area (Å²) in [5.74, 6) is 0.678. The number of rotatable bonds is 4. The number of oxazole rings is 1. The predicted octanol–water partition coefficient (Wildman–Crippen LogP) is 6.90. The maximum Gasteiger partial charge on any atom is 0.257 e. The molecule has 0 fully saturated rings. The van der Waals surface area contributed by atoms with Gasteiger partial charge >= 0.3 is 0 Å². The lowest BCUT2D eigenvalue weighted by Gasteiger charge is -2.11. The Morgan fingerprint density at radius 3 is 2.53 bits per heavy atom. The van der Waals surface area contributed by atoms with Crippen LogP contribution in [-0.4, -0.2) is 16.0 Å². The molecule has 0 bridgehead atoms. The molecular weight excluding hydrogens is 442 g/mol. The number of amides is 1. The fraction of sp³-hybridized carbons (Fsp3) is 0.107. The van der Waals surface area contributed by atoms with E-state index < -0.39 is 0 Å². The third kappa shape index (κ3) is 4.40. The Labute approximate surface area is 202 Å². The van der Waals surface area contributed by atoms with Gasteiger partial charge in [0.25, 0.3) is 5.91 Å². The Kier molecular flexibility index (Phi) is 5.82. The lowest BCUT2D eigenvalue weighted by Crippen LogP contribution is -2.34. The van der Waals surface area contributed by atoms with E-state index in [0.717, 1.165) is 33.1 Å². The lowest BCUT2D eigenvalue weighted by atomic mass is 10.0. The Morgan fingerprint density at radius 2 is 1.74 bits per heavy atom. The van der Waals surface area contributed by atoms with Gasteiger partial charge in [-0.2, -0.15) is 0 Å². The van der Waals surface area contributed by atoms with Crippen molar-refractivity contribution in [2.45, 2.75) is 19.8 Å². The molecule has 0 aliphatic carbocycles. The van der Waals surface area contributed by atoms with Crippen molar-refractivity contribution in [3.63, 3.8) is 0 Å². The monoisotopic (exact) mass is 465 g/mol. The first-order valence-electron chi connectivity index (χ1n) is 11.1. The largest absolute Gasteiger partial charge is 0.436 e. The molecular formula is C28H23N3O2S. The van der Waals surface area contributed by atoms with Gasteiger partial charge in [-0.05, 0) is 65.5 Å². The van der Waals surface area contributed by atoms with Gasteiger partial charge in [0.2, 0.25) is 5.89 Å². The molecule has 5 aromatic rings. The number of nitrogens with one attached hydrogen (secondary N) is 2. The molecule has 1 aromatic heterocycles. The smallest absolute Gasteiger partial charge is 0.257 e. The van der Waals surface area contributed by atoms with Gasteiger partial charge in [0, 0.05) is 22.2 Å². The minimum absolute atomic E-state index is 0.221. The van der Waals surface area contributed by atoms with E-state index in [2.05, 4.69) is 30.5 Å². The third-order valence-corrected chi connectivity index (χ3v) is 5.92. The molecule has 0 radical (unpaired) electrons. The molecule has 34 heavy (non-hydrogen) atoms. The second kappa shape index (κ2) is 9.08. The standard InChI is InChI=1S/C28H23N3O2S/c1-17(2)18-10-12-20(13-11-18)26(32)31-28(34)29-22-8-5-7-21(16-22)27-30-25-23-9-4-3-6-19(23)14-15-24(25)33-27/h3-17H,1-2H3,(H2,29,31,32,34). The maximum absolute atomic E-state index is 12.6. The number of hydrogen-bond donors (Lipinski definition) is 2. The number of carbonyl (C=O) groups excluding carboxylic acids is 1. The number of carbonyl (C=O) groups is 1. The maximum atomic E-state index is 12.6. The lowest BCUT2D eigenvalue weighted by molar-refractivity contribution is 0.0977. The number of hydrogen-bond acceptors (Lipinski definition) is 4. The molecule has 0 spiro atoms. The van der Waals surface area contributed by atoms with Crippen LogP contribution in [0, 0.1) is 0 Å². The van der Waals surface area contributed by atoms with E-state index in [-0.39, 0.29) is 11.0 Å². The Balaban J connectivity index is 1.32.